The smallest absolute Gasteiger partial charge is 0.0847 e. The van der Waals surface area contributed by atoms with E-state index >= 15 is 0 Å². The molecule has 3 N–H and O–H groups in total. The van der Waals surface area contributed by atoms with Gasteiger partial charge in [0.05, 0.1) is 16.4 Å². The molecule has 1 unspecified atom stereocenters. The van der Waals surface area contributed by atoms with Crippen molar-refractivity contribution in [2.24, 2.45) is 5.84 Å². The number of thiophene rings is 1. The zero-order valence-electron chi connectivity index (χ0n) is 11.2. The zero-order valence-corrected chi connectivity index (χ0v) is 12.8. The first-order valence-corrected chi connectivity index (χ1v) is 7.66. The van der Waals surface area contributed by atoms with Gasteiger partial charge in [0, 0.05) is 19.0 Å². The molecule has 0 aromatic carbocycles. The molecule has 0 aliphatic rings. The third-order valence-corrected chi connectivity index (χ3v) is 4.41. The average molecular weight is 299 g/mol. The van der Waals surface area contributed by atoms with Gasteiger partial charge in [0.2, 0.25) is 0 Å². The standard InChI is InChI=1S/C13H19ClN4S/c1-3-18-12(13(14)9(2)17-18)7-11(16-15)6-10-4-5-19-8-10/h4-5,8,11,16H,3,6-7,15H2,1-2H3. The second kappa shape index (κ2) is 6.52. The lowest BCUT2D eigenvalue weighted by Gasteiger charge is -2.16. The predicted octanol–water partition coefficient (Wildman–Crippen LogP) is 2.54. The summed E-state index contributed by atoms with van der Waals surface area (Å²) in [6.45, 7) is 4.82. The Morgan fingerprint density at radius 1 is 1.53 bits per heavy atom. The average Bonchev–Trinajstić information content (AvgIpc) is 3.01. The SMILES string of the molecule is CCn1nc(C)c(Cl)c1CC(Cc1ccsc1)NN. The van der Waals surface area contributed by atoms with Gasteiger partial charge >= 0.3 is 0 Å². The molecule has 1 atom stereocenters. The van der Waals surface area contributed by atoms with Crippen LogP contribution in [0.2, 0.25) is 5.02 Å². The summed E-state index contributed by atoms with van der Waals surface area (Å²) in [5.41, 5.74) is 6.11. The number of aryl methyl sites for hydroxylation is 2. The Kier molecular flexibility index (Phi) is 4.99. The zero-order chi connectivity index (χ0) is 13.8. The fraction of sp³-hybridized carbons (Fsp3) is 0.462. The minimum atomic E-state index is 0.161. The highest BCUT2D eigenvalue weighted by molar-refractivity contribution is 7.07. The highest BCUT2D eigenvalue weighted by Crippen LogP contribution is 2.22. The monoisotopic (exact) mass is 298 g/mol. The maximum Gasteiger partial charge on any atom is 0.0847 e. The molecule has 2 heterocycles. The number of nitrogens with two attached hydrogens (primary N) is 1. The second-order valence-corrected chi connectivity index (χ2v) is 5.72. The Morgan fingerprint density at radius 2 is 2.32 bits per heavy atom. The minimum absolute atomic E-state index is 0.161. The van der Waals surface area contributed by atoms with Crippen molar-refractivity contribution in [3.05, 3.63) is 38.8 Å². The van der Waals surface area contributed by atoms with Gasteiger partial charge in [-0.3, -0.25) is 16.0 Å². The number of aromatic nitrogens is 2. The Hall–Kier alpha value is -0.880. The van der Waals surface area contributed by atoms with Crippen LogP contribution in [0.3, 0.4) is 0 Å². The van der Waals surface area contributed by atoms with Crippen LogP contribution >= 0.6 is 22.9 Å². The molecule has 0 saturated heterocycles. The molecule has 2 rings (SSSR count). The molecular weight excluding hydrogens is 280 g/mol. The van der Waals surface area contributed by atoms with E-state index in [0.29, 0.717) is 0 Å². The molecule has 19 heavy (non-hydrogen) atoms. The van der Waals surface area contributed by atoms with Crippen molar-refractivity contribution in [3.63, 3.8) is 0 Å². The van der Waals surface area contributed by atoms with Gasteiger partial charge in [-0.2, -0.15) is 16.4 Å². The van der Waals surface area contributed by atoms with Gasteiger partial charge in [-0.05, 0) is 42.7 Å². The molecule has 0 fully saturated rings. The minimum Gasteiger partial charge on any atom is -0.271 e. The van der Waals surface area contributed by atoms with E-state index in [1.807, 2.05) is 11.6 Å². The molecule has 6 heteroatoms. The lowest BCUT2D eigenvalue weighted by Crippen LogP contribution is -2.39. The van der Waals surface area contributed by atoms with Crippen LogP contribution < -0.4 is 11.3 Å². The number of nitrogens with one attached hydrogen (secondary N) is 1. The van der Waals surface area contributed by atoms with Gasteiger partial charge in [0.1, 0.15) is 0 Å². The topological polar surface area (TPSA) is 55.9 Å². The highest BCUT2D eigenvalue weighted by Gasteiger charge is 2.17. The van der Waals surface area contributed by atoms with Gasteiger partial charge in [0.25, 0.3) is 0 Å². The summed E-state index contributed by atoms with van der Waals surface area (Å²) < 4.78 is 1.95. The summed E-state index contributed by atoms with van der Waals surface area (Å²) in [5, 5.41) is 9.41. The first kappa shape index (κ1) is 14.5. The van der Waals surface area contributed by atoms with E-state index in [9.17, 15) is 0 Å². The summed E-state index contributed by atoms with van der Waals surface area (Å²) in [6.07, 6.45) is 1.67. The van der Waals surface area contributed by atoms with E-state index < -0.39 is 0 Å². The van der Waals surface area contributed by atoms with E-state index in [0.717, 1.165) is 35.8 Å². The molecule has 0 aliphatic carbocycles. The number of rotatable bonds is 6. The third kappa shape index (κ3) is 3.36. The van der Waals surface area contributed by atoms with Crippen molar-refractivity contribution < 1.29 is 0 Å². The number of hydrogen-bond donors (Lipinski definition) is 2. The predicted molar refractivity (Wildman–Crippen MR) is 80.5 cm³/mol. The van der Waals surface area contributed by atoms with Crippen molar-refractivity contribution in [2.75, 3.05) is 0 Å². The quantitative estimate of drug-likeness (QED) is 0.636. The van der Waals surface area contributed by atoms with Gasteiger partial charge in [-0.15, -0.1) is 0 Å². The lowest BCUT2D eigenvalue weighted by molar-refractivity contribution is 0.496. The first-order valence-electron chi connectivity index (χ1n) is 6.34. The fourth-order valence-electron chi connectivity index (χ4n) is 2.18. The van der Waals surface area contributed by atoms with Crippen LogP contribution in [0.5, 0.6) is 0 Å². The van der Waals surface area contributed by atoms with Crippen LogP contribution in [-0.4, -0.2) is 15.8 Å². The Balaban J connectivity index is 2.14. The number of hydrazine groups is 1. The molecule has 0 radical (unpaired) electrons. The lowest BCUT2D eigenvalue weighted by atomic mass is 10.0. The molecule has 0 aliphatic heterocycles. The Labute approximate surface area is 122 Å². The maximum atomic E-state index is 6.33. The third-order valence-electron chi connectivity index (χ3n) is 3.19. The fourth-order valence-corrected chi connectivity index (χ4v) is 3.07. The normalized spacial score (nSPS) is 12.8. The van der Waals surface area contributed by atoms with Crippen LogP contribution in [0.25, 0.3) is 0 Å². The number of halogens is 1. The van der Waals surface area contributed by atoms with Crippen LogP contribution in [0, 0.1) is 6.92 Å². The molecule has 0 spiro atoms. The van der Waals surface area contributed by atoms with Crippen molar-refractivity contribution in [3.8, 4) is 0 Å². The van der Waals surface area contributed by atoms with E-state index in [4.69, 9.17) is 17.4 Å². The largest absolute Gasteiger partial charge is 0.271 e. The Morgan fingerprint density at radius 3 is 2.89 bits per heavy atom. The second-order valence-electron chi connectivity index (χ2n) is 4.57. The van der Waals surface area contributed by atoms with Gasteiger partial charge in [0.15, 0.2) is 0 Å². The molecule has 0 bridgehead atoms. The number of hydrogen-bond acceptors (Lipinski definition) is 4. The van der Waals surface area contributed by atoms with E-state index in [1.165, 1.54) is 5.56 Å². The van der Waals surface area contributed by atoms with Gasteiger partial charge in [-0.25, -0.2) is 0 Å². The van der Waals surface area contributed by atoms with Crippen molar-refractivity contribution in [1.82, 2.24) is 15.2 Å². The summed E-state index contributed by atoms with van der Waals surface area (Å²) >= 11 is 8.03. The van der Waals surface area contributed by atoms with E-state index in [-0.39, 0.29) is 6.04 Å². The molecular formula is C13H19ClN4S. The summed E-state index contributed by atoms with van der Waals surface area (Å²) in [7, 11) is 0. The van der Waals surface area contributed by atoms with Crippen LogP contribution in [-0.2, 0) is 19.4 Å². The Bertz CT molecular complexity index is 521. The summed E-state index contributed by atoms with van der Waals surface area (Å²) in [6, 6.07) is 2.28. The molecule has 2 aromatic heterocycles. The van der Waals surface area contributed by atoms with Crippen molar-refractivity contribution in [2.45, 2.75) is 39.3 Å². The maximum absolute atomic E-state index is 6.33. The molecule has 0 saturated carbocycles. The van der Waals surface area contributed by atoms with Crippen LogP contribution in [0.15, 0.2) is 16.8 Å². The van der Waals surface area contributed by atoms with Crippen molar-refractivity contribution in [1.29, 1.82) is 0 Å². The molecule has 2 aromatic rings. The van der Waals surface area contributed by atoms with Crippen LogP contribution in [0.4, 0.5) is 0 Å². The van der Waals surface area contributed by atoms with Gasteiger partial charge in [-0.1, -0.05) is 11.6 Å². The number of nitrogens with zero attached hydrogens (tertiary/aromatic N) is 2. The summed E-state index contributed by atoms with van der Waals surface area (Å²) in [5.74, 6) is 5.67. The van der Waals surface area contributed by atoms with Crippen molar-refractivity contribution >= 4 is 22.9 Å². The highest BCUT2D eigenvalue weighted by atomic mass is 35.5. The van der Waals surface area contributed by atoms with Gasteiger partial charge < -0.3 is 0 Å². The first-order chi connectivity index (χ1) is 9.15. The molecule has 4 nitrogen and oxygen atoms in total. The van der Waals surface area contributed by atoms with E-state index in [2.05, 4.69) is 34.3 Å². The molecule has 104 valence electrons. The van der Waals surface area contributed by atoms with Crippen LogP contribution in [0.1, 0.15) is 23.9 Å². The molecule has 0 amide bonds. The summed E-state index contributed by atoms with van der Waals surface area (Å²) in [4.78, 5) is 0. The van der Waals surface area contributed by atoms with E-state index in [1.54, 1.807) is 11.3 Å².